The predicted molar refractivity (Wildman–Crippen MR) is 58.0 cm³/mol. The molecule has 0 radical (unpaired) electrons. The quantitative estimate of drug-likeness (QED) is 0.661. The zero-order valence-electron chi connectivity index (χ0n) is 8.50. The summed E-state index contributed by atoms with van der Waals surface area (Å²) in [6, 6.07) is 2.71. The molecule has 0 spiro atoms. The van der Waals surface area contributed by atoms with Gasteiger partial charge in [-0.15, -0.1) is 0 Å². The van der Waals surface area contributed by atoms with Crippen LogP contribution in [0, 0.1) is 0 Å². The minimum atomic E-state index is -3.62. The number of rotatable bonds is 3. The molecule has 0 aliphatic heterocycles. The fourth-order valence-corrected chi connectivity index (χ4v) is 2.94. The van der Waals surface area contributed by atoms with Gasteiger partial charge in [0.05, 0.1) is 6.10 Å². The van der Waals surface area contributed by atoms with E-state index in [4.69, 9.17) is 10.8 Å². The summed E-state index contributed by atoms with van der Waals surface area (Å²) in [6.45, 7) is 0. The van der Waals surface area contributed by atoms with Crippen LogP contribution in [0.25, 0.3) is 0 Å². The van der Waals surface area contributed by atoms with E-state index in [0.29, 0.717) is 12.8 Å². The molecule has 2 rings (SSSR count). The first-order valence-electron chi connectivity index (χ1n) is 4.90. The Morgan fingerprint density at radius 2 is 2.19 bits per heavy atom. The van der Waals surface area contributed by atoms with Crippen molar-refractivity contribution in [1.29, 1.82) is 0 Å². The molecule has 1 fully saturated rings. The lowest BCUT2D eigenvalue weighted by Crippen LogP contribution is -2.46. The molecular weight excluding hydrogens is 230 g/mol. The second kappa shape index (κ2) is 4.00. The molecule has 0 saturated heterocycles. The molecular formula is C9H13N3O3S. The Bertz CT molecular complexity index is 483. The van der Waals surface area contributed by atoms with E-state index in [-0.39, 0.29) is 16.8 Å². The van der Waals surface area contributed by atoms with Crippen LogP contribution >= 0.6 is 0 Å². The molecule has 1 saturated carbocycles. The smallest absolute Gasteiger partial charge is 0.244 e. The molecule has 0 bridgehead atoms. The van der Waals surface area contributed by atoms with E-state index in [1.165, 1.54) is 18.3 Å². The molecule has 88 valence electrons. The highest BCUT2D eigenvalue weighted by Gasteiger charge is 2.32. The lowest BCUT2D eigenvalue weighted by atomic mass is 9.91. The van der Waals surface area contributed by atoms with Crippen LogP contribution in [0.5, 0.6) is 0 Å². The topological polar surface area (TPSA) is 105 Å². The summed E-state index contributed by atoms with van der Waals surface area (Å²) in [7, 11) is -3.62. The Balaban J connectivity index is 2.16. The summed E-state index contributed by atoms with van der Waals surface area (Å²) in [6.07, 6.45) is 1.92. The summed E-state index contributed by atoms with van der Waals surface area (Å²) in [5, 5.41) is 9.07. The van der Waals surface area contributed by atoms with E-state index in [9.17, 15) is 8.42 Å². The predicted octanol–water partition coefficient (Wildman–Crippen LogP) is -0.535. The number of nitrogens with one attached hydrogen (secondary N) is 1. The molecule has 4 N–H and O–H groups in total. The monoisotopic (exact) mass is 243 g/mol. The van der Waals surface area contributed by atoms with Crippen LogP contribution < -0.4 is 10.5 Å². The fraction of sp³-hybridized carbons (Fsp3) is 0.444. The molecule has 0 atom stereocenters. The standard InChI is InChI=1S/C9H13N3O3S/c10-9-8(2-1-3-11-9)16(14,15)12-6-4-7(13)5-6/h1-3,6-7,12-13H,4-5H2,(H2,10,11). The van der Waals surface area contributed by atoms with Crippen LogP contribution in [0.1, 0.15) is 12.8 Å². The van der Waals surface area contributed by atoms with Gasteiger partial charge in [-0.3, -0.25) is 0 Å². The molecule has 0 aromatic carbocycles. The van der Waals surface area contributed by atoms with Crippen molar-refractivity contribution in [2.75, 3.05) is 5.73 Å². The third kappa shape index (κ3) is 2.16. The number of nitrogens with zero attached hydrogens (tertiary/aromatic N) is 1. The Kier molecular flexibility index (Phi) is 2.83. The number of anilines is 1. The molecule has 1 aromatic rings. The normalized spacial score (nSPS) is 25.1. The maximum absolute atomic E-state index is 11.9. The van der Waals surface area contributed by atoms with Gasteiger partial charge in [0.1, 0.15) is 10.7 Å². The summed E-state index contributed by atoms with van der Waals surface area (Å²) in [4.78, 5) is 3.70. The molecule has 1 aliphatic carbocycles. The van der Waals surface area contributed by atoms with Gasteiger partial charge in [0.2, 0.25) is 10.0 Å². The van der Waals surface area contributed by atoms with Crippen molar-refractivity contribution in [1.82, 2.24) is 9.71 Å². The van der Waals surface area contributed by atoms with E-state index >= 15 is 0 Å². The first-order chi connectivity index (χ1) is 7.49. The van der Waals surface area contributed by atoms with Crippen molar-refractivity contribution >= 4 is 15.8 Å². The molecule has 1 aromatic heterocycles. The summed E-state index contributed by atoms with van der Waals surface area (Å²) < 4.78 is 26.2. The first kappa shape index (κ1) is 11.3. The van der Waals surface area contributed by atoms with E-state index in [0.717, 1.165) is 0 Å². The third-order valence-electron chi connectivity index (χ3n) is 2.52. The van der Waals surface area contributed by atoms with E-state index in [1.807, 2.05) is 0 Å². The number of hydrogen-bond donors (Lipinski definition) is 3. The van der Waals surface area contributed by atoms with Crippen LogP contribution in [0.3, 0.4) is 0 Å². The van der Waals surface area contributed by atoms with Gasteiger partial charge in [-0.25, -0.2) is 18.1 Å². The lowest BCUT2D eigenvalue weighted by molar-refractivity contribution is 0.0712. The highest BCUT2D eigenvalue weighted by atomic mass is 32.2. The van der Waals surface area contributed by atoms with Gasteiger partial charge in [0.15, 0.2) is 0 Å². The number of aliphatic hydroxyl groups is 1. The molecule has 7 heteroatoms. The third-order valence-corrected chi connectivity index (χ3v) is 4.09. The number of nitrogens with two attached hydrogens (primary N) is 1. The Morgan fingerprint density at radius 3 is 2.75 bits per heavy atom. The van der Waals surface area contributed by atoms with E-state index in [1.54, 1.807) is 0 Å². The SMILES string of the molecule is Nc1ncccc1S(=O)(=O)NC1CC(O)C1. The zero-order valence-corrected chi connectivity index (χ0v) is 9.31. The van der Waals surface area contributed by atoms with Gasteiger partial charge in [0.25, 0.3) is 0 Å². The van der Waals surface area contributed by atoms with Crippen molar-refractivity contribution in [3.05, 3.63) is 18.3 Å². The Hall–Kier alpha value is -1.18. The van der Waals surface area contributed by atoms with E-state index in [2.05, 4.69) is 9.71 Å². The van der Waals surface area contributed by atoms with E-state index < -0.39 is 16.1 Å². The largest absolute Gasteiger partial charge is 0.393 e. The maximum atomic E-state index is 11.9. The number of aromatic nitrogens is 1. The van der Waals surface area contributed by atoms with Crippen molar-refractivity contribution in [3.63, 3.8) is 0 Å². The van der Waals surface area contributed by atoms with Crippen molar-refractivity contribution in [2.24, 2.45) is 0 Å². The number of pyridine rings is 1. The second-order valence-corrected chi connectivity index (χ2v) is 5.51. The van der Waals surface area contributed by atoms with Crippen LogP contribution in [-0.4, -0.2) is 30.7 Å². The maximum Gasteiger partial charge on any atom is 0.244 e. The van der Waals surface area contributed by atoms with Crippen molar-refractivity contribution in [3.8, 4) is 0 Å². The van der Waals surface area contributed by atoms with Gasteiger partial charge in [-0.05, 0) is 25.0 Å². The highest BCUT2D eigenvalue weighted by molar-refractivity contribution is 7.89. The molecule has 0 unspecified atom stereocenters. The highest BCUT2D eigenvalue weighted by Crippen LogP contribution is 2.23. The number of hydrogen-bond acceptors (Lipinski definition) is 5. The molecule has 6 nitrogen and oxygen atoms in total. The number of sulfonamides is 1. The average molecular weight is 243 g/mol. The summed E-state index contributed by atoms with van der Waals surface area (Å²) in [5.41, 5.74) is 5.49. The Morgan fingerprint density at radius 1 is 1.50 bits per heavy atom. The van der Waals surface area contributed by atoms with Crippen molar-refractivity contribution < 1.29 is 13.5 Å². The minimum absolute atomic E-state index is 0.0172. The van der Waals surface area contributed by atoms with Gasteiger partial charge < -0.3 is 10.8 Å². The van der Waals surface area contributed by atoms with Gasteiger partial charge >= 0.3 is 0 Å². The Labute approximate surface area is 93.5 Å². The minimum Gasteiger partial charge on any atom is -0.393 e. The summed E-state index contributed by atoms with van der Waals surface area (Å²) >= 11 is 0. The molecule has 16 heavy (non-hydrogen) atoms. The van der Waals surface area contributed by atoms with Crippen LogP contribution in [0.4, 0.5) is 5.82 Å². The first-order valence-corrected chi connectivity index (χ1v) is 6.38. The van der Waals surface area contributed by atoms with Crippen molar-refractivity contribution in [2.45, 2.75) is 29.9 Å². The molecule has 1 aliphatic rings. The second-order valence-electron chi connectivity index (χ2n) is 3.83. The van der Waals surface area contributed by atoms with Crippen LogP contribution in [0.2, 0.25) is 0 Å². The average Bonchev–Trinajstić information content (AvgIpc) is 2.15. The number of aliphatic hydroxyl groups excluding tert-OH is 1. The van der Waals surface area contributed by atoms with Gasteiger partial charge in [0, 0.05) is 12.2 Å². The van der Waals surface area contributed by atoms with Crippen LogP contribution in [0.15, 0.2) is 23.2 Å². The lowest BCUT2D eigenvalue weighted by Gasteiger charge is -2.31. The zero-order chi connectivity index (χ0) is 11.8. The van der Waals surface area contributed by atoms with Crippen LogP contribution in [-0.2, 0) is 10.0 Å². The fourth-order valence-electron chi connectivity index (χ4n) is 1.60. The number of nitrogen functional groups attached to an aromatic ring is 1. The van der Waals surface area contributed by atoms with Gasteiger partial charge in [-0.2, -0.15) is 0 Å². The molecule has 1 heterocycles. The molecule has 0 amide bonds. The van der Waals surface area contributed by atoms with Gasteiger partial charge in [-0.1, -0.05) is 0 Å². The summed E-state index contributed by atoms with van der Waals surface area (Å²) in [5.74, 6) is -0.0186.